The van der Waals surface area contributed by atoms with E-state index in [1.807, 2.05) is 42.5 Å². The van der Waals surface area contributed by atoms with Gasteiger partial charge in [-0.1, -0.05) is 73.6 Å². The van der Waals surface area contributed by atoms with Crippen molar-refractivity contribution >= 4 is 46.0 Å². The summed E-state index contributed by atoms with van der Waals surface area (Å²) in [5.41, 5.74) is 0.861. The van der Waals surface area contributed by atoms with E-state index in [1.54, 1.807) is 38.5 Å². The number of imidazole rings is 1. The number of aromatic nitrogens is 2. The lowest BCUT2D eigenvalue weighted by Crippen LogP contribution is -2.50. The third kappa shape index (κ3) is 4.47. The van der Waals surface area contributed by atoms with Gasteiger partial charge in [0.15, 0.2) is 5.16 Å². The summed E-state index contributed by atoms with van der Waals surface area (Å²) in [6.07, 6.45) is 1.55. The van der Waals surface area contributed by atoms with Gasteiger partial charge in [-0.25, -0.2) is 9.78 Å². The number of fused-ring (bicyclic) bond motifs is 1. The van der Waals surface area contributed by atoms with Gasteiger partial charge in [-0.3, -0.25) is 9.36 Å². The average molecular weight is 446 g/mol. The van der Waals surface area contributed by atoms with Crippen LogP contribution in [0.15, 0.2) is 53.8 Å². The second kappa shape index (κ2) is 8.70. The van der Waals surface area contributed by atoms with Gasteiger partial charge in [0.25, 0.3) is 0 Å². The van der Waals surface area contributed by atoms with Crippen molar-refractivity contribution in [2.24, 2.45) is 5.92 Å². The summed E-state index contributed by atoms with van der Waals surface area (Å²) in [4.78, 5) is 28.8. The number of carbonyl (C=O) groups excluding carboxylic acids is 1. The number of carboxylic acid groups (broad SMARTS) is 1. The molecule has 0 fully saturated rings. The van der Waals surface area contributed by atoms with E-state index in [0.717, 1.165) is 16.5 Å². The van der Waals surface area contributed by atoms with Gasteiger partial charge in [-0.05, 0) is 31.2 Å². The van der Waals surface area contributed by atoms with E-state index < -0.39 is 16.8 Å². The fourth-order valence-corrected chi connectivity index (χ4v) is 4.38. The average Bonchev–Trinajstić information content (AvgIpc) is 3.04. The standard InChI is InChI=1S/C22H24ClN3O3S/c1-13(2)18(19(27)28)25-20(29)22(3,4)30-21-24-12-17(23)26(21)16-11-7-9-14-8-5-6-10-15(14)16/h5-13,18H,1-4H3,(H,25,29)(H,27,28). The smallest absolute Gasteiger partial charge is 0.326 e. The van der Waals surface area contributed by atoms with Crippen LogP contribution in [0.3, 0.4) is 0 Å². The number of amides is 1. The molecule has 3 aromatic rings. The van der Waals surface area contributed by atoms with Crippen molar-refractivity contribution in [2.45, 2.75) is 43.6 Å². The van der Waals surface area contributed by atoms with Gasteiger partial charge in [0.05, 0.1) is 16.6 Å². The predicted octanol–water partition coefficient (Wildman–Crippen LogP) is 4.78. The molecule has 0 radical (unpaired) electrons. The molecule has 0 bridgehead atoms. The lowest BCUT2D eigenvalue weighted by Gasteiger charge is -2.26. The van der Waals surface area contributed by atoms with Crippen molar-refractivity contribution in [3.63, 3.8) is 0 Å². The topological polar surface area (TPSA) is 84.2 Å². The van der Waals surface area contributed by atoms with Crippen molar-refractivity contribution in [3.05, 3.63) is 53.8 Å². The first-order valence-electron chi connectivity index (χ1n) is 9.56. The monoisotopic (exact) mass is 445 g/mol. The molecule has 1 amide bonds. The van der Waals surface area contributed by atoms with Crippen LogP contribution in [-0.4, -0.2) is 37.3 Å². The summed E-state index contributed by atoms with van der Waals surface area (Å²) >= 11 is 7.70. The Bertz CT molecular complexity index is 1090. The van der Waals surface area contributed by atoms with Gasteiger partial charge in [-0.15, -0.1) is 0 Å². The Kier molecular flexibility index (Phi) is 6.43. The number of nitrogens with one attached hydrogen (secondary N) is 1. The zero-order valence-electron chi connectivity index (χ0n) is 17.2. The Morgan fingerprint density at radius 1 is 1.17 bits per heavy atom. The van der Waals surface area contributed by atoms with E-state index in [1.165, 1.54) is 11.8 Å². The maximum absolute atomic E-state index is 12.9. The Morgan fingerprint density at radius 2 is 1.83 bits per heavy atom. The number of hydrogen-bond acceptors (Lipinski definition) is 4. The van der Waals surface area contributed by atoms with Crippen LogP contribution < -0.4 is 5.32 Å². The highest BCUT2D eigenvalue weighted by Crippen LogP contribution is 2.37. The molecule has 158 valence electrons. The van der Waals surface area contributed by atoms with Crippen LogP contribution in [0.25, 0.3) is 16.5 Å². The van der Waals surface area contributed by atoms with Crippen LogP contribution in [-0.2, 0) is 9.59 Å². The number of benzene rings is 2. The number of nitrogens with zero attached hydrogens (tertiary/aromatic N) is 2. The van der Waals surface area contributed by atoms with E-state index >= 15 is 0 Å². The van der Waals surface area contributed by atoms with Gasteiger partial charge in [0, 0.05) is 5.39 Å². The molecule has 1 unspecified atom stereocenters. The molecule has 0 saturated carbocycles. The first kappa shape index (κ1) is 22.2. The molecule has 1 aromatic heterocycles. The highest BCUT2D eigenvalue weighted by atomic mass is 35.5. The molecule has 0 spiro atoms. The highest BCUT2D eigenvalue weighted by molar-refractivity contribution is 8.01. The SMILES string of the molecule is CC(C)C(NC(=O)C(C)(C)Sc1ncc(Cl)n1-c1cccc2ccccc12)C(=O)O. The Labute approximate surface area is 184 Å². The Hall–Kier alpha value is -2.51. The van der Waals surface area contributed by atoms with Crippen LogP contribution in [0.5, 0.6) is 0 Å². The molecule has 0 aliphatic heterocycles. The Morgan fingerprint density at radius 3 is 2.50 bits per heavy atom. The van der Waals surface area contributed by atoms with Crippen LogP contribution >= 0.6 is 23.4 Å². The number of hydrogen-bond donors (Lipinski definition) is 2. The maximum atomic E-state index is 12.9. The van der Waals surface area contributed by atoms with Crippen molar-refractivity contribution < 1.29 is 14.7 Å². The molecule has 2 aromatic carbocycles. The number of carboxylic acids is 1. The van der Waals surface area contributed by atoms with Gasteiger partial charge < -0.3 is 10.4 Å². The molecule has 0 aliphatic carbocycles. The van der Waals surface area contributed by atoms with Gasteiger partial charge in [-0.2, -0.15) is 0 Å². The molecule has 6 nitrogen and oxygen atoms in total. The first-order chi connectivity index (χ1) is 14.1. The van der Waals surface area contributed by atoms with Gasteiger partial charge in [0.1, 0.15) is 11.2 Å². The van der Waals surface area contributed by atoms with Crippen LogP contribution in [0, 0.1) is 5.92 Å². The second-order valence-corrected chi connectivity index (χ2v) is 9.82. The fourth-order valence-electron chi connectivity index (χ4n) is 3.11. The lowest BCUT2D eigenvalue weighted by molar-refractivity contribution is -0.143. The molecule has 3 rings (SSSR count). The number of halogens is 1. The first-order valence-corrected chi connectivity index (χ1v) is 10.8. The molecule has 0 aliphatic rings. The van der Waals surface area contributed by atoms with Crippen molar-refractivity contribution in [2.75, 3.05) is 0 Å². The van der Waals surface area contributed by atoms with E-state index in [0.29, 0.717) is 10.3 Å². The Balaban J connectivity index is 1.95. The molecular weight excluding hydrogens is 422 g/mol. The van der Waals surface area contributed by atoms with Gasteiger partial charge >= 0.3 is 5.97 Å². The molecule has 0 saturated heterocycles. The fraction of sp³-hybridized carbons (Fsp3) is 0.318. The molecule has 1 heterocycles. The molecule has 8 heteroatoms. The van der Waals surface area contributed by atoms with Crippen molar-refractivity contribution in [1.29, 1.82) is 0 Å². The van der Waals surface area contributed by atoms with E-state index in [-0.39, 0.29) is 11.8 Å². The van der Waals surface area contributed by atoms with Gasteiger partial charge in [0.2, 0.25) is 5.91 Å². The van der Waals surface area contributed by atoms with Crippen LogP contribution in [0.2, 0.25) is 5.15 Å². The lowest BCUT2D eigenvalue weighted by atomic mass is 10.0. The third-order valence-electron chi connectivity index (χ3n) is 4.81. The quantitative estimate of drug-likeness (QED) is 0.511. The summed E-state index contributed by atoms with van der Waals surface area (Å²) in [7, 11) is 0. The predicted molar refractivity (Wildman–Crippen MR) is 120 cm³/mol. The molecule has 1 atom stereocenters. The number of rotatable bonds is 7. The minimum atomic E-state index is -1.06. The second-order valence-electron chi connectivity index (χ2n) is 7.84. The van der Waals surface area contributed by atoms with E-state index in [4.69, 9.17) is 11.6 Å². The van der Waals surface area contributed by atoms with Crippen LogP contribution in [0.4, 0.5) is 0 Å². The normalized spacial score (nSPS) is 12.9. The number of carbonyl (C=O) groups is 2. The molecule has 2 N–H and O–H groups in total. The van der Waals surface area contributed by atoms with E-state index in [2.05, 4.69) is 10.3 Å². The van der Waals surface area contributed by atoms with Crippen molar-refractivity contribution in [1.82, 2.24) is 14.9 Å². The highest BCUT2D eigenvalue weighted by Gasteiger charge is 2.35. The summed E-state index contributed by atoms with van der Waals surface area (Å²) < 4.78 is 0.834. The summed E-state index contributed by atoms with van der Waals surface area (Å²) in [6.45, 7) is 6.99. The number of thioether (sulfide) groups is 1. The molecule has 30 heavy (non-hydrogen) atoms. The minimum Gasteiger partial charge on any atom is -0.480 e. The largest absolute Gasteiger partial charge is 0.480 e. The third-order valence-corrected chi connectivity index (χ3v) is 6.24. The zero-order valence-corrected chi connectivity index (χ0v) is 18.8. The van der Waals surface area contributed by atoms with Crippen LogP contribution in [0.1, 0.15) is 27.7 Å². The molecular formula is C22H24ClN3O3S. The summed E-state index contributed by atoms with van der Waals surface area (Å²) in [5, 5.41) is 15.1. The van der Waals surface area contributed by atoms with E-state index in [9.17, 15) is 14.7 Å². The zero-order chi connectivity index (χ0) is 22.1. The maximum Gasteiger partial charge on any atom is 0.326 e. The number of aliphatic carboxylic acids is 1. The minimum absolute atomic E-state index is 0.237. The summed E-state index contributed by atoms with van der Waals surface area (Å²) in [5.74, 6) is -1.67. The van der Waals surface area contributed by atoms with Crippen molar-refractivity contribution in [3.8, 4) is 5.69 Å². The summed E-state index contributed by atoms with van der Waals surface area (Å²) in [6, 6.07) is 12.9.